The minimum absolute atomic E-state index is 0.0724. The number of nitrogens with one attached hydrogen (secondary N) is 1. The fraction of sp³-hybridized carbons (Fsp3) is 0.105. The number of carbonyl (C=O) groups is 1. The van der Waals surface area contributed by atoms with Crippen LogP contribution in [0.25, 0.3) is 11.1 Å². The van der Waals surface area contributed by atoms with Crippen molar-refractivity contribution in [3.8, 4) is 11.1 Å². The van der Waals surface area contributed by atoms with Crippen molar-refractivity contribution in [1.82, 2.24) is 9.78 Å². The fourth-order valence-electron chi connectivity index (χ4n) is 2.73. The smallest absolute Gasteiger partial charge is 0.262 e. The van der Waals surface area contributed by atoms with E-state index in [-0.39, 0.29) is 5.56 Å². The van der Waals surface area contributed by atoms with Gasteiger partial charge in [0.05, 0.1) is 11.9 Å². The van der Waals surface area contributed by atoms with Crippen LogP contribution in [0.3, 0.4) is 0 Å². The molecule has 0 bridgehead atoms. The summed E-state index contributed by atoms with van der Waals surface area (Å²) < 4.78 is 15.2. The second-order valence-electron chi connectivity index (χ2n) is 5.74. The molecule has 2 N–H and O–H groups in total. The van der Waals surface area contributed by atoms with Crippen molar-refractivity contribution in [1.29, 1.82) is 0 Å². The predicted molar refractivity (Wildman–Crippen MR) is 97.1 cm³/mol. The highest BCUT2D eigenvalue weighted by Gasteiger charge is 2.21. The van der Waals surface area contributed by atoms with E-state index >= 15 is 0 Å². The minimum atomic E-state index is -0.676. The molecule has 0 spiro atoms. The zero-order valence-electron chi connectivity index (χ0n) is 14.3. The summed E-state index contributed by atoms with van der Waals surface area (Å²) in [6, 6.07) is 14.5. The molecule has 7 heteroatoms. The molecule has 0 unspecified atom stereocenters. The molecule has 1 heterocycles. The van der Waals surface area contributed by atoms with Crippen LogP contribution in [0.2, 0.25) is 0 Å². The molecule has 6 nitrogen and oxygen atoms in total. The number of para-hydroxylation sites is 1. The first-order valence-electron chi connectivity index (χ1n) is 7.88. The summed E-state index contributed by atoms with van der Waals surface area (Å²) >= 11 is 0. The number of amides is 1. The van der Waals surface area contributed by atoms with Gasteiger partial charge in [0.1, 0.15) is 5.56 Å². The maximum absolute atomic E-state index is 14.1. The molecule has 0 aliphatic heterocycles. The van der Waals surface area contributed by atoms with Gasteiger partial charge in [-0.15, -0.1) is 0 Å². The topological polar surface area (TPSA) is 79.5 Å². The van der Waals surface area contributed by atoms with Gasteiger partial charge in [0.25, 0.3) is 5.91 Å². The molecular formula is C19H17FN4O2. The van der Waals surface area contributed by atoms with Crippen LogP contribution in [0.5, 0.6) is 0 Å². The van der Waals surface area contributed by atoms with Gasteiger partial charge in [-0.3, -0.25) is 4.79 Å². The molecule has 1 amide bonds. The summed E-state index contributed by atoms with van der Waals surface area (Å²) in [6.45, 7) is 1.59. The fourth-order valence-corrected chi connectivity index (χ4v) is 2.73. The Bertz CT molecular complexity index is 978. The number of carbonyl (C=O) groups excluding carboxylic acids is 1. The van der Waals surface area contributed by atoms with Gasteiger partial charge in [-0.05, 0) is 24.1 Å². The van der Waals surface area contributed by atoms with Crippen molar-refractivity contribution >= 4 is 17.8 Å². The molecular weight excluding hydrogens is 335 g/mol. The average Bonchev–Trinajstić information content (AvgIpc) is 2.88. The lowest BCUT2D eigenvalue weighted by molar-refractivity contribution is 0.102. The van der Waals surface area contributed by atoms with Gasteiger partial charge < -0.3 is 10.5 Å². The van der Waals surface area contributed by atoms with Crippen molar-refractivity contribution in [3.05, 3.63) is 71.3 Å². The van der Waals surface area contributed by atoms with Crippen molar-refractivity contribution in [2.45, 2.75) is 6.92 Å². The van der Waals surface area contributed by atoms with E-state index in [9.17, 15) is 9.18 Å². The normalized spacial score (nSPS) is 11.0. The Labute approximate surface area is 149 Å². The number of hydrogen-bond acceptors (Lipinski definition) is 4. The first-order chi connectivity index (χ1) is 12.5. The minimum Gasteiger partial charge on any atom is -0.411 e. The van der Waals surface area contributed by atoms with Crippen molar-refractivity contribution < 1.29 is 14.4 Å². The number of rotatable bonds is 4. The second kappa shape index (κ2) is 7.18. The highest BCUT2D eigenvalue weighted by molar-refractivity contribution is 6.07. The Morgan fingerprint density at radius 2 is 1.92 bits per heavy atom. The van der Waals surface area contributed by atoms with E-state index in [2.05, 4.69) is 15.6 Å². The first-order valence-corrected chi connectivity index (χ1v) is 7.88. The highest BCUT2D eigenvalue weighted by atomic mass is 19.1. The van der Waals surface area contributed by atoms with Gasteiger partial charge in [-0.25, -0.2) is 4.68 Å². The van der Waals surface area contributed by atoms with Crippen molar-refractivity contribution in [2.75, 3.05) is 5.32 Å². The lowest BCUT2D eigenvalue weighted by Gasteiger charge is -2.11. The standard InChI is InChI=1S/C19H17FN4O2/c1-12-17(18(20)24(2)23-12)19(25)22-16-6-4-3-5-15(16)14-9-7-13(8-10-14)11-21-26/h3-11,26H,1-2H3,(H,22,25)/b21-11-. The van der Waals surface area contributed by atoms with Crippen LogP contribution >= 0.6 is 0 Å². The number of hydrogen-bond donors (Lipinski definition) is 2. The molecule has 132 valence electrons. The van der Waals surface area contributed by atoms with Gasteiger partial charge in [0, 0.05) is 18.3 Å². The summed E-state index contributed by atoms with van der Waals surface area (Å²) in [4.78, 5) is 12.5. The van der Waals surface area contributed by atoms with Crippen LogP contribution < -0.4 is 5.32 Å². The molecule has 0 saturated carbocycles. The SMILES string of the molecule is Cc1nn(C)c(F)c1C(=O)Nc1ccccc1-c1ccc(/C=N\O)cc1. The van der Waals surface area contributed by atoms with Crippen LogP contribution in [0.4, 0.5) is 10.1 Å². The van der Waals surface area contributed by atoms with E-state index in [1.807, 2.05) is 24.3 Å². The summed E-state index contributed by atoms with van der Waals surface area (Å²) in [5.41, 5.74) is 3.20. The van der Waals surface area contributed by atoms with E-state index in [1.165, 1.54) is 13.3 Å². The zero-order chi connectivity index (χ0) is 18.7. The summed E-state index contributed by atoms with van der Waals surface area (Å²) in [7, 11) is 1.45. The van der Waals surface area contributed by atoms with Gasteiger partial charge in [0.2, 0.25) is 5.95 Å². The Balaban J connectivity index is 1.93. The predicted octanol–water partition coefficient (Wildman–Crippen LogP) is 3.60. The van der Waals surface area contributed by atoms with Gasteiger partial charge >= 0.3 is 0 Å². The van der Waals surface area contributed by atoms with E-state index in [1.54, 1.807) is 31.2 Å². The van der Waals surface area contributed by atoms with E-state index in [0.29, 0.717) is 11.4 Å². The zero-order valence-corrected chi connectivity index (χ0v) is 14.3. The molecule has 2 aromatic carbocycles. The molecule has 0 radical (unpaired) electrons. The third kappa shape index (κ3) is 3.32. The van der Waals surface area contributed by atoms with Crippen LogP contribution in [0, 0.1) is 12.9 Å². The lowest BCUT2D eigenvalue weighted by atomic mass is 10.0. The number of benzene rings is 2. The Morgan fingerprint density at radius 1 is 1.23 bits per heavy atom. The summed E-state index contributed by atoms with van der Waals surface area (Å²) in [6.07, 6.45) is 1.32. The third-order valence-corrected chi connectivity index (χ3v) is 3.98. The van der Waals surface area contributed by atoms with Gasteiger partial charge in [-0.2, -0.15) is 9.49 Å². The molecule has 0 saturated heterocycles. The number of halogens is 1. The van der Waals surface area contributed by atoms with E-state index < -0.39 is 11.9 Å². The third-order valence-electron chi connectivity index (χ3n) is 3.98. The second-order valence-corrected chi connectivity index (χ2v) is 5.74. The maximum Gasteiger partial charge on any atom is 0.262 e. The number of oxime groups is 1. The van der Waals surface area contributed by atoms with Gasteiger partial charge in [0.15, 0.2) is 0 Å². The monoisotopic (exact) mass is 352 g/mol. The van der Waals surface area contributed by atoms with Crippen molar-refractivity contribution in [2.24, 2.45) is 12.2 Å². The molecule has 1 aromatic heterocycles. The first kappa shape index (κ1) is 17.3. The summed E-state index contributed by atoms with van der Waals surface area (Å²) in [5, 5.41) is 18.3. The lowest BCUT2D eigenvalue weighted by Crippen LogP contribution is -2.15. The van der Waals surface area contributed by atoms with Crippen LogP contribution in [-0.4, -0.2) is 27.1 Å². The molecule has 0 atom stereocenters. The number of nitrogens with zero attached hydrogens (tertiary/aromatic N) is 3. The average molecular weight is 352 g/mol. The quantitative estimate of drug-likeness (QED) is 0.428. The molecule has 0 aliphatic carbocycles. The van der Waals surface area contributed by atoms with Crippen LogP contribution in [-0.2, 0) is 7.05 Å². The number of anilines is 1. The molecule has 0 fully saturated rings. The summed E-state index contributed by atoms with van der Waals surface area (Å²) in [5.74, 6) is -1.23. The Kier molecular flexibility index (Phi) is 4.79. The highest BCUT2D eigenvalue weighted by Crippen LogP contribution is 2.28. The van der Waals surface area contributed by atoms with Crippen LogP contribution in [0.1, 0.15) is 21.6 Å². The van der Waals surface area contributed by atoms with E-state index in [4.69, 9.17) is 5.21 Å². The molecule has 26 heavy (non-hydrogen) atoms. The Morgan fingerprint density at radius 3 is 2.54 bits per heavy atom. The molecule has 0 aliphatic rings. The van der Waals surface area contributed by atoms with Crippen LogP contribution in [0.15, 0.2) is 53.7 Å². The van der Waals surface area contributed by atoms with E-state index in [0.717, 1.165) is 21.4 Å². The van der Waals surface area contributed by atoms with Gasteiger partial charge in [-0.1, -0.05) is 47.6 Å². The maximum atomic E-state index is 14.1. The number of aryl methyl sites for hydroxylation is 2. The largest absolute Gasteiger partial charge is 0.411 e. The molecule has 3 aromatic rings. The van der Waals surface area contributed by atoms with Crippen molar-refractivity contribution in [3.63, 3.8) is 0 Å². The molecule has 3 rings (SSSR count). The Hall–Kier alpha value is -3.48. The number of aromatic nitrogens is 2.